The van der Waals surface area contributed by atoms with Crippen LogP contribution in [0.3, 0.4) is 0 Å². The quantitative estimate of drug-likeness (QED) is 0.600. The van der Waals surface area contributed by atoms with Crippen molar-refractivity contribution in [3.05, 3.63) is 29.8 Å². The van der Waals surface area contributed by atoms with Crippen molar-refractivity contribution in [2.45, 2.75) is 32.2 Å². The van der Waals surface area contributed by atoms with E-state index in [1.807, 2.05) is 0 Å². The molecule has 1 aromatic carbocycles. The Kier molecular flexibility index (Phi) is 8.37. The van der Waals surface area contributed by atoms with Gasteiger partial charge in [-0.25, -0.2) is 0 Å². The molecule has 0 aliphatic carbocycles. The van der Waals surface area contributed by atoms with Crippen molar-refractivity contribution < 1.29 is 14.4 Å². The molecule has 1 aromatic rings. The number of rotatable bonds is 6. The minimum atomic E-state index is -0.475. The largest absolute Gasteiger partial charge is 0.370 e. The van der Waals surface area contributed by atoms with Crippen molar-refractivity contribution in [1.29, 1.82) is 0 Å². The zero-order chi connectivity index (χ0) is 17.5. The first-order chi connectivity index (χ1) is 11.5. The molecule has 1 saturated heterocycles. The van der Waals surface area contributed by atoms with E-state index < -0.39 is 5.91 Å². The number of piperidine rings is 1. The lowest BCUT2D eigenvalue weighted by molar-refractivity contribution is -0.121. The lowest BCUT2D eigenvalue weighted by Gasteiger charge is -2.27. The summed E-state index contributed by atoms with van der Waals surface area (Å²) in [7, 11) is 0. The number of halogens is 1. The Balaban J connectivity index is 0.00000312. The molecule has 2 atom stereocenters. The lowest BCUT2D eigenvalue weighted by atomic mass is 9.92. The number of primary amides is 1. The lowest BCUT2D eigenvalue weighted by Crippen LogP contribution is -2.40. The molecular weight excluding hydrogens is 344 g/mol. The minimum Gasteiger partial charge on any atom is -0.370 e. The second-order valence-electron chi connectivity index (χ2n) is 6.08. The first-order valence-corrected chi connectivity index (χ1v) is 8.17. The van der Waals surface area contributed by atoms with Crippen LogP contribution in [-0.4, -0.2) is 36.9 Å². The number of amides is 3. The maximum Gasteiger partial charge on any atom is 0.253 e. The average molecular weight is 369 g/mol. The summed E-state index contributed by atoms with van der Waals surface area (Å²) in [6.45, 7) is 3.04. The number of nitrogens with two attached hydrogens (primary N) is 1. The zero-order valence-corrected chi connectivity index (χ0v) is 15.0. The van der Waals surface area contributed by atoms with E-state index >= 15 is 0 Å². The van der Waals surface area contributed by atoms with Crippen LogP contribution in [0, 0.1) is 5.92 Å². The number of para-hydroxylation sites is 1. The third-order valence-electron chi connectivity index (χ3n) is 4.08. The summed E-state index contributed by atoms with van der Waals surface area (Å²) < 4.78 is 0. The van der Waals surface area contributed by atoms with Crippen molar-refractivity contribution >= 4 is 35.8 Å². The fraction of sp³-hybridized carbons (Fsp3) is 0.471. The maximum atomic E-state index is 12.5. The Morgan fingerprint density at radius 2 is 2.00 bits per heavy atom. The summed E-state index contributed by atoms with van der Waals surface area (Å²) in [4.78, 5) is 35.4. The number of nitrogens with one attached hydrogen (secondary N) is 3. The molecule has 8 heteroatoms. The summed E-state index contributed by atoms with van der Waals surface area (Å²) in [5.74, 6) is -0.948. The first kappa shape index (κ1) is 20.9. The molecule has 0 unspecified atom stereocenters. The second kappa shape index (κ2) is 10.0. The Bertz CT molecular complexity index is 624. The van der Waals surface area contributed by atoms with Crippen LogP contribution in [0.25, 0.3) is 0 Å². The van der Waals surface area contributed by atoms with Gasteiger partial charge < -0.3 is 21.7 Å². The van der Waals surface area contributed by atoms with Gasteiger partial charge in [-0.15, -0.1) is 12.4 Å². The molecule has 0 bridgehead atoms. The van der Waals surface area contributed by atoms with E-state index in [4.69, 9.17) is 5.73 Å². The number of carbonyl (C=O) groups excluding carboxylic acids is 3. The molecule has 1 aliphatic rings. The summed E-state index contributed by atoms with van der Waals surface area (Å²) in [5.41, 5.74) is 5.90. The van der Waals surface area contributed by atoms with Crippen LogP contribution >= 0.6 is 12.4 Å². The van der Waals surface area contributed by atoms with Crippen molar-refractivity contribution in [2.75, 3.05) is 18.4 Å². The molecular formula is C17H25ClN4O3. The average Bonchev–Trinajstić information content (AvgIpc) is 2.55. The highest BCUT2D eigenvalue weighted by Crippen LogP contribution is 2.21. The van der Waals surface area contributed by atoms with E-state index in [-0.39, 0.29) is 43.1 Å². The summed E-state index contributed by atoms with van der Waals surface area (Å²) in [6.07, 6.45) is 1.63. The fourth-order valence-corrected chi connectivity index (χ4v) is 2.79. The molecule has 2 rings (SSSR count). The van der Waals surface area contributed by atoms with Gasteiger partial charge in [-0.05, 0) is 38.4 Å². The van der Waals surface area contributed by atoms with Crippen LogP contribution in [0.1, 0.15) is 36.5 Å². The molecule has 3 amide bonds. The van der Waals surface area contributed by atoms with Crippen molar-refractivity contribution in [1.82, 2.24) is 10.6 Å². The van der Waals surface area contributed by atoms with Gasteiger partial charge in [0.05, 0.1) is 11.3 Å². The van der Waals surface area contributed by atoms with Crippen LogP contribution in [0.2, 0.25) is 0 Å². The van der Waals surface area contributed by atoms with E-state index in [1.54, 1.807) is 24.3 Å². The first-order valence-electron chi connectivity index (χ1n) is 8.17. The van der Waals surface area contributed by atoms with Crippen LogP contribution < -0.4 is 21.7 Å². The highest BCUT2D eigenvalue weighted by atomic mass is 35.5. The highest BCUT2D eigenvalue weighted by molar-refractivity contribution is 6.04. The fourth-order valence-electron chi connectivity index (χ4n) is 2.79. The molecule has 1 aliphatic heterocycles. The highest BCUT2D eigenvalue weighted by Gasteiger charge is 2.25. The standard InChI is InChI=1S/C17H24N4O3.ClH/c1-11-10-12(6-8-19-11)16(23)21-14-5-3-2-4-13(14)17(24)20-9-7-15(18)22;/h2-5,11-12,19H,6-10H2,1H3,(H2,18,22)(H,20,24)(H,21,23);1H/t11-,12-;/m0./s1. The van der Waals surface area contributed by atoms with Gasteiger partial charge in [0.2, 0.25) is 11.8 Å². The molecule has 0 saturated carbocycles. The molecule has 7 nitrogen and oxygen atoms in total. The van der Waals surface area contributed by atoms with Gasteiger partial charge in [0.1, 0.15) is 0 Å². The summed E-state index contributed by atoms with van der Waals surface area (Å²) in [6, 6.07) is 7.14. The third-order valence-corrected chi connectivity index (χ3v) is 4.08. The van der Waals surface area contributed by atoms with E-state index in [0.29, 0.717) is 17.3 Å². The number of hydrogen-bond donors (Lipinski definition) is 4. The topological polar surface area (TPSA) is 113 Å². The van der Waals surface area contributed by atoms with Crippen molar-refractivity contribution in [3.8, 4) is 0 Å². The number of benzene rings is 1. The minimum absolute atomic E-state index is 0. The Hall–Kier alpha value is -2.12. The summed E-state index contributed by atoms with van der Waals surface area (Å²) >= 11 is 0. The van der Waals surface area contributed by atoms with Gasteiger partial charge in [0.15, 0.2) is 0 Å². The maximum absolute atomic E-state index is 12.5. The molecule has 0 aromatic heterocycles. The second-order valence-corrected chi connectivity index (χ2v) is 6.08. The van der Waals surface area contributed by atoms with E-state index in [1.165, 1.54) is 0 Å². The predicted molar refractivity (Wildman–Crippen MR) is 98.7 cm³/mol. The molecule has 138 valence electrons. The summed E-state index contributed by atoms with van der Waals surface area (Å²) in [5, 5.41) is 8.80. The van der Waals surface area contributed by atoms with Crippen molar-refractivity contribution in [2.24, 2.45) is 11.7 Å². The van der Waals surface area contributed by atoms with E-state index in [2.05, 4.69) is 22.9 Å². The van der Waals surface area contributed by atoms with Gasteiger partial charge in [-0.2, -0.15) is 0 Å². The Morgan fingerprint density at radius 3 is 2.68 bits per heavy atom. The number of carbonyl (C=O) groups is 3. The van der Waals surface area contributed by atoms with Crippen molar-refractivity contribution in [3.63, 3.8) is 0 Å². The molecule has 0 radical (unpaired) electrons. The molecule has 25 heavy (non-hydrogen) atoms. The molecule has 1 fully saturated rings. The van der Waals surface area contributed by atoms with Gasteiger partial charge in [0, 0.05) is 24.9 Å². The zero-order valence-electron chi connectivity index (χ0n) is 14.2. The van der Waals surface area contributed by atoms with Gasteiger partial charge in [0.25, 0.3) is 5.91 Å². The Labute approximate surface area is 153 Å². The monoisotopic (exact) mass is 368 g/mol. The van der Waals surface area contributed by atoms with Gasteiger partial charge >= 0.3 is 0 Å². The normalized spacial score (nSPS) is 19.4. The van der Waals surface area contributed by atoms with Crippen LogP contribution in [0.4, 0.5) is 5.69 Å². The van der Waals surface area contributed by atoms with Crippen LogP contribution in [0.5, 0.6) is 0 Å². The Morgan fingerprint density at radius 1 is 1.28 bits per heavy atom. The van der Waals surface area contributed by atoms with E-state index in [9.17, 15) is 14.4 Å². The smallest absolute Gasteiger partial charge is 0.253 e. The molecule has 1 heterocycles. The third kappa shape index (κ3) is 6.36. The number of anilines is 1. The SMILES string of the molecule is C[C@H]1C[C@@H](C(=O)Nc2ccccc2C(=O)NCCC(N)=O)CCN1.Cl. The van der Waals surface area contributed by atoms with Crippen LogP contribution in [0.15, 0.2) is 24.3 Å². The molecule has 5 N–H and O–H groups in total. The predicted octanol–water partition coefficient (Wildman–Crippen LogP) is 1.04. The van der Waals surface area contributed by atoms with Crippen LogP contribution in [-0.2, 0) is 9.59 Å². The van der Waals surface area contributed by atoms with Gasteiger partial charge in [-0.3, -0.25) is 14.4 Å². The van der Waals surface area contributed by atoms with Gasteiger partial charge in [-0.1, -0.05) is 12.1 Å². The number of hydrogen-bond acceptors (Lipinski definition) is 4. The van der Waals surface area contributed by atoms with E-state index in [0.717, 1.165) is 19.4 Å². The molecule has 0 spiro atoms.